The van der Waals surface area contributed by atoms with E-state index in [1.54, 1.807) is 24.3 Å². The molecule has 41 heavy (non-hydrogen) atoms. The molecule has 8 nitrogen and oxygen atoms in total. The topological polar surface area (TPSA) is 111 Å². The quantitative estimate of drug-likeness (QED) is 0.233. The number of ether oxygens (including phenoxy) is 2. The fourth-order valence-electron chi connectivity index (χ4n) is 4.66. The van der Waals surface area contributed by atoms with Gasteiger partial charge in [0, 0.05) is 31.6 Å². The predicted molar refractivity (Wildman–Crippen MR) is 158 cm³/mol. The Kier molecular flexibility index (Phi) is 10.9. The van der Waals surface area contributed by atoms with Crippen molar-refractivity contribution in [2.75, 3.05) is 20.1 Å². The van der Waals surface area contributed by atoms with Gasteiger partial charge >= 0.3 is 0 Å². The summed E-state index contributed by atoms with van der Waals surface area (Å²) >= 11 is 16.9. The smallest absolute Gasteiger partial charge is 0.272 e. The number of hydrogen-bond acceptors (Lipinski definition) is 7. The molecular weight excluding hydrogens is 591 g/mol. The minimum absolute atomic E-state index is 0.0407. The molecule has 0 bridgehead atoms. The number of phenolic OH excluding ortho intramolecular Hbond substituents is 1. The summed E-state index contributed by atoms with van der Waals surface area (Å²) in [6.07, 6.45) is -1.34. The lowest BCUT2D eigenvalue weighted by Gasteiger charge is -2.38. The molecule has 0 saturated carbocycles. The van der Waals surface area contributed by atoms with Gasteiger partial charge in [-0.05, 0) is 41.4 Å². The standard InChI is InChI=1S/C30H33Cl3N2O6/c1-35(17-26(38)23-3-2-4-24(37)13-23)16-25-14-27(21-9-7-20(18-36)8-10-21)41-28(40-25)22-11-5-19(6-12-22)15-34-29(39)30(31,32)33/h2-13,25-28,36-38H,14-18H2,1H3,(H,34,39)/t25-,26-,27+,28+/m1/s1. The Hall–Kier alpha value is -2.40. The third-order valence-electron chi connectivity index (χ3n) is 6.83. The van der Waals surface area contributed by atoms with Crippen LogP contribution in [0.1, 0.15) is 52.7 Å². The van der Waals surface area contributed by atoms with Crippen LogP contribution in [0.5, 0.6) is 5.75 Å². The molecule has 11 heteroatoms. The summed E-state index contributed by atoms with van der Waals surface area (Å²) < 4.78 is 10.7. The first-order valence-corrected chi connectivity index (χ1v) is 14.2. The molecule has 1 saturated heterocycles. The molecule has 0 unspecified atom stereocenters. The van der Waals surface area contributed by atoms with Crippen molar-refractivity contribution in [1.29, 1.82) is 0 Å². The number of aliphatic hydroxyl groups excluding tert-OH is 2. The van der Waals surface area contributed by atoms with E-state index in [0.717, 1.165) is 22.3 Å². The number of nitrogens with one attached hydrogen (secondary N) is 1. The molecule has 4 atom stereocenters. The maximum absolute atomic E-state index is 11.9. The molecule has 1 amide bonds. The lowest BCUT2D eigenvalue weighted by molar-refractivity contribution is -0.252. The van der Waals surface area contributed by atoms with Gasteiger partial charge in [-0.15, -0.1) is 0 Å². The number of halogens is 3. The highest BCUT2D eigenvalue weighted by atomic mass is 35.6. The molecular formula is C30H33Cl3N2O6. The Labute approximate surface area is 254 Å². The van der Waals surface area contributed by atoms with Gasteiger partial charge in [0.15, 0.2) is 6.29 Å². The average Bonchev–Trinajstić information content (AvgIpc) is 2.95. The molecule has 3 aromatic carbocycles. The number of aliphatic hydroxyl groups is 2. The van der Waals surface area contributed by atoms with Crippen LogP contribution in [0.3, 0.4) is 0 Å². The van der Waals surface area contributed by atoms with Crippen molar-refractivity contribution in [3.63, 3.8) is 0 Å². The maximum atomic E-state index is 11.9. The van der Waals surface area contributed by atoms with Gasteiger partial charge in [0.25, 0.3) is 9.70 Å². The minimum atomic E-state index is -2.03. The molecule has 1 heterocycles. The van der Waals surface area contributed by atoms with Gasteiger partial charge in [-0.3, -0.25) is 4.79 Å². The van der Waals surface area contributed by atoms with Crippen LogP contribution in [-0.4, -0.2) is 56.2 Å². The molecule has 0 aromatic heterocycles. The Morgan fingerprint density at radius 1 is 1.02 bits per heavy atom. The molecule has 1 aliphatic heterocycles. The number of benzene rings is 3. The summed E-state index contributed by atoms with van der Waals surface area (Å²) in [5.74, 6) is -0.602. The number of phenols is 1. The van der Waals surface area contributed by atoms with Crippen LogP contribution in [0.2, 0.25) is 0 Å². The largest absolute Gasteiger partial charge is 0.508 e. The van der Waals surface area contributed by atoms with Gasteiger partial charge in [0.05, 0.1) is 24.9 Å². The highest BCUT2D eigenvalue weighted by Crippen LogP contribution is 2.38. The third kappa shape index (κ3) is 9.04. The average molecular weight is 624 g/mol. The van der Waals surface area contributed by atoms with Crippen LogP contribution in [0.15, 0.2) is 72.8 Å². The molecule has 0 spiro atoms. The second-order valence-electron chi connectivity index (χ2n) is 10.1. The van der Waals surface area contributed by atoms with E-state index in [4.69, 9.17) is 44.3 Å². The normalized spacial score (nSPS) is 20.1. The van der Waals surface area contributed by atoms with Gasteiger partial charge in [0.2, 0.25) is 0 Å². The van der Waals surface area contributed by atoms with Crippen LogP contribution in [0, 0.1) is 0 Å². The number of likely N-dealkylation sites (N-methyl/N-ethyl adjacent to an activating group) is 1. The van der Waals surface area contributed by atoms with Crippen molar-refractivity contribution in [3.8, 4) is 5.75 Å². The fraction of sp³-hybridized carbons (Fsp3) is 0.367. The molecule has 0 radical (unpaired) electrons. The summed E-state index contributed by atoms with van der Waals surface area (Å²) in [4.78, 5) is 13.8. The number of rotatable bonds is 10. The van der Waals surface area contributed by atoms with Crippen molar-refractivity contribution in [2.24, 2.45) is 0 Å². The number of alkyl halides is 3. The van der Waals surface area contributed by atoms with Gasteiger partial charge in [-0.2, -0.15) is 0 Å². The zero-order valence-corrected chi connectivity index (χ0v) is 24.7. The van der Waals surface area contributed by atoms with E-state index in [1.165, 1.54) is 0 Å². The van der Waals surface area contributed by atoms with E-state index < -0.39 is 22.1 Å². The zero-order valence-electron chi connectivity index (χ0n) is 22.4. The second kappa shape index (κ2) is 14.2. The van der Waals surface area contributed by atoms with Crippen molar-refractivity contribution < 1.29 is 29.6 Å². The number of carbonyl (C=O) groups excluding carboxylic acids is 1. The van der Waals surface area contributed by atoms with Crippen LogP contribution < -0.4 is 5.32 Å². The number of nitrogens with zero attached hydrogens (tertiary/aromatic N) is 1. The Morgan fingerprint density at radius 3 is 2.32 bits per heavy atom. The molecule has 1 fully saturated rings. The molecule has 0 aliphatic carbocycles. The predicted octanol–water partition coefficient (Wildman–Crippen LogP) is 5.08. The highest BCUT2D eigenvalue weighted by Gasteiger charge is 2.33. The number of carbonyl (C=O) groups is 1. The number of aromatic hydroxyl groups is 1. The number of amides is 1. The van der Waals surface area contributed by atoms with E-state index in [-0.39, 0.29) is 31.1 Å². The van der Waals surface area contributed by atoms with Crippen LogP contribution in [0.4, 0.5) is 0 Å². The first-order chi connectivity index (χ1) is 19.5. The summed E-state index contributed by atoms with van der Waals surface area (Å²) in [5.41, 5.74) is 4.02. The van der Waals surface area contributed by atoms with Crippen LogP contribution >= 0.6 is 34.8 Å². The molecule has 220 valence electrons. The molecule has 4 N–H and O–H groups in total. The SMILES string of the molecule is CN(C[C@H]1C[C@@H](c2ccc(CO)cc2)O[C@@H](c2ccc(CNC(=O)C(Cl)(Cl)Cl)cc2)O1)C[C@@H](O)c1cccc(O)c1. The van der Waals surface area contributed by atoms with Gasteiger partial charge < -0.3 is 35.0 Å². The lowest BCUT2D eigenvalue weighted by Crippen LogP contribution is -2.39. The van der Waals surface area contributed by atoms with Crippen molar-refractivity contribution in [1.82, 2.24) is 10.2 Å². The summed E-state index contributed by atoms with van der Waals surface area (Å²) in [5, 5.41) is 32.5. The Bertz CT molecular complexity index is 1290. The van der Waals surface area contributed by atoms with Crippen molar-refractivity contribution in [3.05, 3.63) is 101 Å². The first-order valence-electron chi connectivity index (χ1n) is 13.1. The molecule has 4 rings (SSSR count). The minimum Gasteiger partial charge on any atom is -0.508 e. The van der Waals surface area contributed by atoms with Crippen molar-refractivity contribution in [2.45, 2.75) is 48.0 Å². The zero-order chi connectivity index (χ0) is 29.6. The van der Waals surface area contributed by atoms with Crippen LogP contribution in [-0.2, 0) is 27.4 Å². The monoisotopic (exact) mass is 622 g/mol. The maximum Gasteiger partial charge on any atom is 0.272 e. The summed E-state index contributed by atoms with van der Waals surface area (Å²) in [7, 11) is 1.91. The highest BCUT2D eigenvalue weighted by molar-refractivity contribution is 6.76. The lowest BCUT2D eigenvalue weighted by atomic mass is 9.99. The van der Waals surface area contributed by atoms with E-state index in [0.29, 0.717) is 25.1 Å². The summed E-state index contributed by atoms with van der Waals surface area (Å²) in [6.45, 7) is 1.02. The molecule has 1 aliphatic rings. The molecule has 3 aromatic rings. The van der Waals surface area contributed by atoms with Crippen molar-refractivity contribution >= 4 is 40.7 Å². The number of hydrogen-bond donors (Lipinski definition) is 4. The third-order valence-corrected chi connectivity index (χ3v) is 7.35. The summed E-state index contributed by atoms with van der Waals surface area (Å²) in [6, 6.07) is 21.6. The Morgan fingerprint density at radius 2 is 1.68 bits per heavy atom. The first kappa shape index (κ1) is 31.5. The van der Waals surface area contributed by atoms with Crippen LogP contribution in [0.25, 0.3) is 0 Å². The van der Waals surface area contributed by atoms with E-state index in [2.05, 4.69) is 5.32 Å². The van der Waals surface area contributed by atoms with E-state index >= 15 is 0 Å². The van der Waals surface area contributed by atoms with Gasteiger partial charge in [-0.1, -0.05) is 95.5 Å². The van der Waals surface area contributed by atoms with E-state index in [9.17, 15) is 20.1 Å². The van der Waals surface area contributed by atoms with Gasteiger partial charge in [-0.25, -0.2) is 0 Å². The van der Waals surface area contributed by atoms with E-state index in [1.807, 2.05) is 60.5 Å². The van der Waals surface area contributed by atoms with Gasteiger partial charge in [0.1, 0.15) is 5.75 Å². The fourth-order valence-corrected chi connectivity index (χ4v) is 4.86. The Balaban J connectivity index is 1.46. The second-order valence-corrected chi connectivity index (χ2v) is 12.4.